The number of benzene rings is 3. The molecule has 0 saturated carbocycles. The average molecular weight is 444 g/mol. The molecule has 0 unspecified atom stereocenters. The van der Waals surface area contributed by atoms with E-state index in [-0.39, 0.29) is 24.3 Å². The van der Waals surface area contributed by atoms with Gasteiger partial charge in [0.15, 0.2) is 0 Å². The lowest BCUT2D eigenvalue weighted by Crippen LogP contribution is -2.32. The molecule has 0 N–H and O–H groups in total. The number of nitrogens with zero attached hydrogens (tertiary/aromatic N) is 1. The van der Waals surface area contributed by atoms with E-state index in [9.17, 15) is 9.59 Å². The summed E-state index contributed by atoms with van der Waals surface area (Å²) >= 11 is 13.1. The molecule has 2 amide bonds. The molecular formula is C22H15Cl2NO3S. The van der Waals surface area contributed by atoms with Crippen molar-refractivity contribution in [1.29, 1.82) is 0 Å². The van der Waals surface area contributed by atoms with Gasteiger partial charge < -0.3 is 4.74 Å². The van der Waals surface area contributed by atoms with Crippen LogP contribution in [-0.4, -0.2) is 29.2 Å². The molecule has 1 aliphatic heterocycles. The van der Waals surface area contributed by atoms with Gasteiger partial charge in [-0.15, -0.1) is 0 Å². The molecule has 0 radical (unpaired) electrons. The summed E-state index contributed by atoms with van der Waals surface area (Å²) in [5.41, 5.74) is 0.594. The number of carbonyl (C=O) groups is 2. The Morgan fingerprint density at radius 2 is 1.72 bits per heavy atom. The first kappa shape index (κ1) is 19.8. The van der Waals surface area contributed by atoms with Gasteiger partial charge in [-0.25, -0.2) is 0 Å². The Bertz CT molecular complexity index is 1140. The molecule has 3 aromatic rings. The maximum Gasteiger partial charge on any atom is 0.293 e. The smallest absolute Gasteiger partial charge is 0.293 e. The summed E-state index contributed by atoms with van der Waals surface area (Å²) in [5, 5.41) is 2.46. The number of amides is 2. The second kappa shape index (κ2) is 8.49. The van der Waals surface area contributed by atoms with E-state index >= 15 is 0 Å². The van der Waals surface area contributed by atoms with E-state index < -0.39 is 0 Å². The molecule has 0 aromatic heterocycles. The van der Waals surface area contributed by atoms with Crippen molar-refractivity contribution in [1.82, 2.24) is 4.90 Å². The van der Waals surface area contributed by atoms with Crippen molar-refractivity contribution in [2.45, 2.75) is 0 Å². The van der Waals surface area contributed by atoms with Gasteiger partial charge in [0.2, 0.25) is 0 Å². The zero-order chi connectivity index (χ0) is 20.4. The molecule has 7 heteroatoms. The standard InChI is InChI=1S/C22H15Cl2NO3S/c23-17-9-3-7-15(20(17)24)13-19-21(26)25(22(27)29-19)11-12-28-18-10-4-6-14-5-1-2-8-16(14)18/h1-10,13H,11-12H2/b19-13-. The van der Waals surface area contributed by atoms with Crippen molar-refractivity contribution in [3.05, 3.63) is 81.2 Å². The fourth-order valence-electron chi connectivity index (χ4n) is 3.03. The van der Waals surface area contributed by atoms with Gasteiger partial charge in [0.25, 0.3) is 11.1 Å². The molecule has 1 fully saturated rings. The predicted octanol–water partition coefficient (Wildman–Crippen LogP) is 6.26. The number of rotatable bonds is 5. The number of imide groups is 1. The Labute approximate surface area is 182 Å². The number of carbonyl (C=O) groups excluding carboxylic acids is 2. The van der Waals surface area contributed by atoms with Gasteiger partial charge in [-0.2, -0.15) is 0 Å². The van der Waals surface area contributed by atoms with Gasteiger partial charge in [-0.3, -0.25) is 14.5 Å². The van der Waals surface area contributed by atoms with Crippen LogP contribution in [0.4, 0.5) is 4.79 Å². The molecule has 4 nitrogen and oxygen atoms in total. The normalized spacial score (nSPS) is 15.5. The summed E-state index contributed by atoms with van der Waals surface area (Å²) < 4.78 is 5.85. The van der Waals surface area contributed by atoms with Crippen LogP contribution in [0.2, 0.25) is 10.0 Å². The van der Waals surface area contributed by atoms with Crippen LogP contribution in [-0.2, 0) is 4.79 Å². The SMILES string of the molecule is O=C1S/C(=C\c2cccc(Cl)c2Cl)C(=O)N1CCOc1cccc2ccccc12. The van der Waals surface area contributed by atoms with Crippen molar-refractivity contribution in [3.8, 4) is 5.75 Å². The summed E-state index contributed by atoms with van der Waals surface area (Å²) in [4.78, 5) is 26.5. The van der Waals surface area contributed by atoms with Crippen molar-refractivity contribution < 1.29 is 14.3 Å². The van der Waals surface area contributed by atoms with E-state index in [1.54, 1.807) is 24.3 Å². The minimum atomic E-state index is -0.363. The molecule has 0 aliphatic carbocycles. The van der Waals surface area contributed by atoms with Crippen molar-refractivity contribution in [3.63, 3.8) is 0 Å². The number of thioether (sulfide) groups is 1. The van der Waals surface area contributed by atoms with Crippen LogP contribution < -0.4 is 4.74 Å². The minimum Gasteiger partial charge on any atom is -0.491 e. The molecule has 3 aromatic carbocycles. The molecular weight excluding hydrogens is 429 g/mol. The number of ether oxygens (including phenoxy) is 1. The van der Waals surface area contributed by atoms with Crippen LogP contribution in [0.15, 0.2) is 65.6 Å². The van der Waals surface area contributed by atoms with Crippen LogP contribution in [0.3, 0.4) is 0 Å². The Balaban J connectivity index is 1.46. The maximum atomic E-state index is 12.7. The summed E-state index contributed by atoms with van der Waals surface area (Å²) in [5.74, 6) is 0.355. The third-order valence-corrected chi connectivity index (χ3v) is 6.20. The second-order valence-electron chi connectivity index (χ2n) is 6.30. The third kappa shape index (κ3) is 4.13. The minimum absolute atomic E-state index is 0.161. The van der Waals surface area contributed by atoms with Gasteiger partial charge in [0, 0.05) is 5.39 Å². The van der Waals surface area contributed by atoms with Crippen LogP contribution >= 0.6 is 35.0 Å². The first-order chi connectivity index (χ1) is 14.0. The molecule has 146 valence electrons. The Hall–Kier alpha value is -2.47. The number of hydrogen-bond donors (Lipinski definition) is 0. The topological polar surface area (TPSA) is 46.6 Å². The van der Waals surface area contributed by atoms with E-state index in [4.69, 9.17) is 27.9 Å². The maximum absolute atomic E-state index is 12.7. The first-order valence-electron chi connectivity index (χ1n) is 8.84. The van der Waals surface area contributed by atoms with E-state index in [1.165, 1.54) is 4.90 Å². The van der Waals surface area contributed by atoms with Crippen molar-refractivity contribution >= 4 is 63.0 Å². The lowest BCUT2D eigenvalue weighted by Gasteiger charge is -2.14. The Kier molecular flexibility index (Phi) is 5.81. The van der Waals surface area contributed by atoms with Gasteiger partial charge in [-0.05, 0) is 40.9 Å². The highest BCUT2D eigenvalue weighted by molar-refractivity contribution is 8.18. The van der Waals surface area contributed by atoms with Crippen LogP contribution in [0.25, 0.3) is 16.8 Å². The van der Waals surface area contributed by atoms with Gasteiger partial charge in [0.05, 0.1) is 21.5 Å². The second-order valence-corrected chi connectivity index (χ2v) is 8.08. The van der Waals surface area contributed by atoms with Crippen LogP contribution in [0.5, 0.6) is 5.75 Å². The molecule has 0 atom stereocenters. The van der Waals surface area contributed by atoms with Crippen LogP contribution in [0.1, 0.15) is 5.56 Å². The monoisotopic (exact) mass is 443 g/mol. The highest BCUT2D eigenvalue weighted by Crippen LogP contribution is 2.35. The van der Waals surface area contributed by atoms with E-state index in [0.29, 0.717) is 20.5 Å². The summed E-state index contributed by atoms with van der Waals surface area (Å²) in [7, 11) is 0. The fraction of sp³-hybridized carbons (Fsp3) is 0.0909. The van der Waals surface area contributed by atoms with E-state index in [2.05, 4.69) is 0 Å². The van der Waals surface area contributed by atoms with Gasteiger partial charge in [0.1, 0.15) is 12.4 Å². The van der Waals surface area contributed by atoms with E-state index in [0.717, 1.165) is 28.3 Å². The summed E-state index contributed by atoms with van der Waals surface area (Å²) in [6.07, 6.45) is 1.59. The van der Waals surface area contributed by atoms with Gasteiger partial charge >= 0.3 is 0 Å². The largest absolute Gasteiger partial charge is 0.491 e. The predicted molar refractivity (Wildman–Crippen MR) is 119 cm³/mol. The lowest BCUT2D eigenvalue weighted by molar-refractivity contribution is -0.123. The van der Waals surface area contributed by atoms with Crippen LogP contribution in [0, 0.1) is 0 Å². The molecule has 4 rings (SSSR count). The van der Waals surface area contributed by atoms with Gasteiger partial charge in [-0.1, -0.05) is 71.7 Å². The highest BCUT2D eigenvalue weighted by atomic mass is 35.5. The Morgan fingerprint density at radius 1 is 0.966 bits per heavy atom. The molecule has 29 heavy (non-hydrogen) atoms. The number of hydrogen-bond acceptors (Lipinski definition) is 4. The third-order valence-electron chi connectivity index (χ3n) is 4.46. The Morgan fingerprint density at radius 3 is 2.59 bits per heavy atom. The van der Waals surface area contributed by atoms with Crippen molar-refractivity contribution in [2.24, 2.45) is 0 Å². The first-order valence-corrected chi connectivity index (χ1v) is 10.4. The van der Waals surface area contributed by atoms with E-state index in [1.807, 2.05) is 42.5 Å². The molecule has 0 spiro atoms. The summed E-state index contributed by atoms with van der Waals surface area (Å²) in [6.45, 7) is 0.367. The fourth-order valence-corrected chi connectivity index (χ4v) is 4.25. The quantitative estimate of drug-likeness (QED) is 0.436. The zero-order valence-electron chi connectivity index (χ0n) is 15.1. The number of fused-ring (bicyclic) bond motifs is 1. The molecule has 1 saturated heterocycles. The summed E-state index contributed by atoms with van der Waals surface area (Å²) in [6, 6.07) is 18.8. The zero-order valence-corrected chi connectivity index (χ0v) is 17.4. The lowest BCUT2D eigenvalue weighted by atomic mass is 10.1. The number of halogens is 2. The molecule has 1 aliphatic rings. The van der Waals surface area contributed by atoms with Crippen molar-refractivity contribution in [2.75, 3.05) is 13.2 Å². The molecule has 1 heterocycles. The average Bonchev–Trinajstić information content (AvgIpc) is 2.99. The molecule has 0 bridgehead atoms. The highest BCUT2D eigenvalue weighted by Gasteiger charge is 2.35.